The van der Waals surface area contributed by atoms with Crippen molar-refractivity contribution in [1.29, 1.82) is 0 Å². The quantitative estimate of drug-likeness (QED) is 0.203. The first-order valence-corrected chi connectivity index (χ1v) is 12.4. The Morgan fingerprint density at radius 3 is 2.48 bits per heavy atom. The SMILES string of the molecule is C=C1C[C@](OC)([C@H](OCOCC[Si](C)(C)C)C(=O)OC)O[C@H](C)[C@@H]1C. The zero-order valence-corrected chi connectivity index (χ0v) is 17.7. The largest absolute Gasteiger partial charge is 0.467 e. The van der Waals surface area contributed by atoms with Crippen LogP contribution < -0.4 is 0 Å². The van der Waals surface area contributed by atoms with E-state index in [-0.39, 0.29) is 18.8 Å². The Balaban J connectivity index is 2.79. The van der Waals surface area contributed by atoms with Gasteiger partial charge in [-0.2, -0.15) is 0 Å². The maximum Gasteiger partial charge on any atom is 0.340 e. The van der Waals surface area contributed by atoms with Crippen molar-refractivity contribution in [3.63, 3.8) is 0 Å². The Morgan fingerprint density at radius 2 is 2.00 bits per heavy atom. The highest BCUT2D eigenvalue weighted by Crippen LogP contribution is 2.39. The van der Waals surface area contributed by atoms with Crippen molar-refractivity contribution >= 4 is 14.0 Å². The average Bonchev–Trinajstić information content (AvgIpc) is 2.53. The molecule has 7 heteroatoms. The highest BCUT2D eigenvalue weighted by atomic mass is 28.3. The first-order chi connectivity index (χ1) is 11.6. The van der Waals surface area contributed by atoms with Gasteiger partial charge in [-0.3, -0.25) is 0 Å². The molecule has 1 aliphatic heterocycles. The second-order valence-corrected chi connectivity index (χ2v) is 13.5. The molecule has 1 saturated heterocycles. The van der Waals surface area contributed by atoms with Gasteiger partial charge in [0.2, 0.25) is 11.9 Å². The van der Waals surface area contributed by atoms with Gasteiger partial charge in [-0.05, 0) is 13.0 Å². The van der Waals surface area contributed by atoms with Crippen molar-refractivity contribution in [2.75, 3.05) is 27.6 Å². The molecule has 6 nitrogen and oxygen atoms in total. The summed E-state index contributed by atoms with van der Waals surface area (Å²) in [5.74, 6) is -1.63. The standard InChI is InChI=1S/C18H34O6Si/c1-13-11-18(21-5,24-15(3)14(13)2)16(17(19)20-4)23-12-22-9-10-25(6,7)8/h14-16H,1,9-12H2,2-8H3/t14-,15-,16-,18-/m1/s1. The number of carbonyl (C=O) groups excluding carboxylic acids is 1. The second-order valence-electron chi connectivity index (χ2n) is 7.87. The second kappa shape index (κ2) is 9.28. The van der Waals surface area contributed by atoms with Gasteiger partial charge in [0.25, 0.3) is 0 Å². The van der Waals surface area contributed by atoms with Gasteiger partial charge in [0, 0.05) is 34.1 Å². The molecule has 1 aliphatic rings. The highest BCUT2D eigenvalue weighted by Gasteiger charge is 2.51. The van der Waals surface area contributed by atoms with Crippen LogP contribution in [-0.4, -0.2) is 59.7 Å². The molecule has 0 unspecified atom stereocenters. The lowest BCUT2D eigenvalue weighted by Crippen LogP contribution is -2.57. The molecule has 0 saturated carbocycles. The molecule has 0 bridgehead atoms. The van der Waals surface area contributed by atoms with E-state index in [0.29, 0.717) is 13.0 Å². The van der Waals surface area contributed by atoms with Crippen LogP contribution in [0.2, 0.25) is 25.7 Å². The van der Waals surface area contributed by atoms with Gasteiger partial charge in [0.1, 0.15) is 6.79 Å². The van der Waals surface area contributed by atoms with Crippen molar-refractivity contribution in [2.24, 2.45) is 5.92 Å². The Bertz CT molecular complexity index is 461. The van der Waals surface area contributed by atoms with Crippen LogP contribution in [0, 0.1) is 5.92 Å². The van der Waals surface area contributed by atoms with Crippen molar-refractivity contribution in [3.05, 3.63) is 12.2 Å². The third-order valence-corrected chi connectivity index (χ3v) is 6.39. The molecule has 1 fully saturated rings. The lowest BCUT2D eigenvalue weighted by Gasteiger charge is -2.45. The van der Waals surface area contributed by atoms with Gasteiger partial charge in [-0.1, -0.05) is 38.7 Å². The molecule has 0 spiro atoms. The molecule has 25 heavy (non-hydrogen) atoms. The summed E-state index contributed by atoms with van der Waals surface area (Å²) in [7, 11) is 1.64. The fraction of sp³-hybridized carbons (Fsp3) is 0.833. The van der Waals surface area contributed by atoms with Crippen LogP contribution in [0.4, 0.5) is 0 Å². The summed E-state index contributed by atoms with van der Waals surface area (Å²) in [6.07, 6.45) is -0.824. The van der Waals surface area contributed by atoms with E-state index in [1.165, 1.54) is 14.2 Å². The number of methoxy groups -OCH3 is 2. The topological polar surface area (TPSA) is 63.2 Å². The number of carbonyl (C=O) groups is 1. The van der Waals surface area contributed by atoms with E-state index < -0.39 is 25.9 Å². The smallest absolute Gasteiger partial charge is 0.340 e. The predicted molar refractivity (Wildman–Crippen MR) is 99.1 cm³/mol. The molecular weight excluding hydrogens is 340 g/mol. The Kier molecular flexibility index (Phi) is 8.28. The minimum atomic E-state index is -1.25. The van der Waals surface area contributed by atoms with Gasteiger partial charge in [0.05, 0.1) is 13.2 Å². The molecule has 0 N–H and O–H groups in total. The first-order valence-electron chi connectivity index (χ1n) is 8.74. The minimum Gasteiger partial charge on any atom is -0.467 e. The number of hydrogen-bond donors (Lipinski definition) is 0. The average molecular weight is 375 g/mol. The van der Waals surface area contributed by atoms with E-state index in [0.717, 1.165) is 11.6 Å². The van der Waals surface area contributed by atoms with Gasteiger partial charge in [-0.15, -0.1) is 0 Å². The van der Waals surface area contributed by atoms with Crippen LogP contribution in [0.3, 0.4) is 0 Å². The first kappa shape index (κ1) is 22.3. The van der Waals surface area contributed by atoms with Crippen molar-refractivity contribution in [1.82, 2.24) is 0 Å². The number of hydrogen-bond acceptors (Lipinski definition) is 6. The van der Waals surface area contributed by atoms with Crippen molar-refractivity contribution in [2.45, 2.75) is 63.9 Å². The molecule has 0 aromatic carbocycles. The van der Waals surface area contributed by atoms with Crippen LogP contribution in [0.5, 0.6) is 0 Å². The maximum atomic E-state index is 12.3. The molecule has 0 radical (unpaired) electrons. The summed E-state index contributed by atoms with van der Waals surface area (Å²) in [6, 6.07) is 1.02. The number of ether oxygens (including phenoxy) is 5. The zero-order valence-electron chi connectivity index (χ0n) is 16.7. The summed E-state index contributed by atoms with van der Waals surface area (Å²) in [5, 5.41) is 0. The van der Waals surface area contributed by atoms with Crippen LogP contribution in [0.25, 0.3) is 0 Å². The predicted octanol–water partition coefficient (Wildman–Crippen LogP) is 3.20. The molecule has 1 heterocycles. The molecule has 146 valence electrons. The molecule has 0 aliphatic carbocycles. The minimum absolute atomic E-state index is 0.0187. The van der Waals surface area contributed by atoms with E-state index in [4.69, 9.17) is 23.7 Å². The molecule has 0 aromatic heterocycles. The van der Waals surface area contributed by atoms with Gasteiger partial charge in [0.15, 0.2) is 0 Å². The molecule has 1 rings (SSSR count). The third kappa shape index (κ3) is 6.18. The Morgan fingerprint density at radius 1 is 1.36 bits per heavy atom. The molecular formula is C18H34O6Si. The number of rotatable bonds is 9. The molecule has 0 amide bonds. The number of esters is 1. The van der Waals surface area contributed by atoms with Crippen LogP contribution in [0.1, 0.15) is 20.3 Å². The fourth-order valence-electron chi connectivity index (χ4n) is 2.68. The van der Waals surface area contributed by atoms with Crippen molar-refractivity contribution in [3.8, 4) is 0 Å². The zero-order chi connectivity index (χ0) is 19.3. The maximum absolute atomic E-state index is 12.3. The highest BCUT2D eigenvalue weighted by molar-refractivity contribution is 6.76. The summed E-state index contributed by atoms with van der Waals surface area (Å²) in [6.45, 7) is 15.5. The third-order valence-electron chi connectivity index (χ3n) is 4.68. The molecule has 4 atom stereocenters. The van der Waals surface area contributed by atoms with E-state index in [2.05, 4.69) is 26.2 Å². The summed E-state index contributed by atoms with van der Waals surface area (Å²) in [4.78, 5) is 12.3. The van der Waals surface area contributed by atoms with Gasteiger partial charge < -0.3 is 23.7 Å². The normalized spacial score (nSPS) is 28.7. The van der Waals surface area contributed by atoms with E-state index >= 15 is 0 Å². The van der Waals surface area contributed by atoms with E-state index in [1.54, 1.807) is 0 Å². The Hall–Kier alpha value is -0.733. The summed E-state index contributed by atoms with van der Waals surface area (Å²) in [5.41, 5.74) is 0.956. The monoisotopic (exact) mass is 374 g/mol. The van der Waals surface area contributed by atoms with Crippen molar-refractivity contribution < 1.29 is 28.5 Å². The van der Waals surface area contributed by atoms with Gasteiger partial charge in [-0.25, -0.2) is 4.79 Å². The Labute approximate surface area is 152 Å². The molecule has 0 aromatic rings. The van der Waals surface area contributed by atoms with Crippen LogP contribution in [0.15, 0.2) is 12.2 Å². The van der Waals surface area contributed by atoms with E-state index in [1.807, 2.05) is 13.8 Å². The summed E-state index contributed by atoms with van der Waals surface area (Å²) < 4.78 is 27.8. The van der Waals surface area contributed by atoms with E-state index in [9.17, 15) is 4.79 Å². The summed E-state index contributed by atoms with van der Waals surface area (Å²) >= 11 is 0. The van der Waals surface area contributed by atoms with Crippen LogP contribution >= 0.6 is 0 Å². The van der Waals surface area contributed by atoms with Gasteiger partial charge >= 0.3 is 5.97 Å². The van der Waals surface area contributed by atoms with Crippen LogP contribution in [-0.2, 0) is 28.5 Å². The fourth-order valence-corrected chi connectivity index (χ4v) is 3.44. The lowest BCUT2D eigenvalue weighted by molar-refractivity contribution is -0.316. The lowest BCUT2D eigenvalue weighted by atomic mass is 9.86.